The van der Waals surface area contributed by atoms with E-state index in [1.807, 2.05) is 13.2 Å². The summed E-state index contributed by atoms with van der Waals surface area (Å²) < 4.78 is 1.73. The molecule has 1 rings (SSSR count). The van der Waals surface area contributed by atoms with Crippen LogP contribution in [0.1, 0.15) is 31.4 Å². The zero-order valence-electron chi connectivity index (χ0n) is 9.25. The molecule has 5 heteroatoms. The molecule has 0 unspecified atom stereocenters. The SMILES string of the molecule is Cn1cc(CNCCCCCCBr)nn1. The van der Waals surface area contributed by atoms with Crippen molar-refractivity contribution in [3.05, 3.63) is 11.9 Å². The first-order valence-corrected chi connectivity index (χ1v) is 6.57. The lowest BCUT2D eigenvalue weighted by molar-refractivity contribution is 0.594. The molecule has 1 N–H and O–H groups in total. The maximum absolute atomic E-state index is 4.01. The lowest BCUT2D eigenvalue weighted by Crippen LogP contribution is -2.14. The van der Waals surface area contributed by atoms with Crippen molar-refractivity contribution in [3.63, 3.8) is 0 Å². The first kappa shape index (κ1) is 12.6. The van der Waals surface area contributed by atoms with E-state index in [2.05, 4.69) is 31.6 Å². The maximum atomic E-state index is 4.01. The third-order valence-corrected chi connectivity index (χ3v) is 2.75. The fourth-order valence-corrected chi connectivity index (χ4v) is 1.79. The highest BCUT2D eigenvalue weighted by Crippen LogP contribution is 2.01. The van der Waals surface area contributed by atoms with Gasteiger partial charge in [0, 0.05) is 25.1 Å². The summed E-state index contributed by atoms with van der Waals surface area (Å²) in [6, 6.07) is 0. The summed E-state index contributed by atoms with van der Waals surface area (Å²) in [6.45, 7) is 1.89. The summed E-state index contributed by atoms with van der Waals surface area (Å²) in [5.74, 6) is 0. The van der Waals surface area contributed by atoms with Gasteiger partial charge in [-0.15, -0.1) is 5.10 Å². The molecule has 0 saturated carbocycles. The Bertz CT molecular complexity index is 262. The third kappa shape index (κ3) is 5.89. The van der Waals surface area contributed by atoms with Crippen LogP contribution < -0.4 is 5.32 Å². The van der Waals surface area contributed by atoms with E-state index in [4.69, 9.17) is 0 Å². The van der Waals surface area contributed by atoms with Crippen molar-refractivity contribution >= 4 is 15.9 Å². The van der Waals surface area contributed by atoms with Crippen LogP contribution in [0.25, 0.3) is 0 Å². The Balaban J connectivity index is 1.93. The van der Waals surface area contributed by atoms with E-state index in [1.165, 1.54) is 25.7 Å². The summed E-state index contributed by atoms with van der Waals surface area (Å²) in [5, 5.41) is 12.4. The smallest absolute Gasteiger partial charge is 0.0964 e. The average molecular weight is 275 g/mol. The zero-order chi connectivity index (χ0) is 10.9. The van der Waals surface area contributed by atoms with Crippen molar-refractivity contribution in [3.8, 4) is 0 Å². The van der Waals surface area contributed by atoms with Crippen molar-refractivity contribution in [2.45, 2.75) is 32.2 Å². The molecule has 0 aromatic carbocycles. The second-order valence-electron chi connectivity index (χ2n) is 3.66. The van der Waals surface area contributed by atoms with E-state index in [0.717, 1.165) is 24.1 Å². The number of aromatic nitrogens is 3. The minimum atomic E-state index is 0.826. The highest BCUT2D eigenvalue weighted by atomic mass is 79.9. The molecule has 0 fully saturated rings. The van der Waals surface area contributed by atoms with Crippen molar-refractivity contribution in [1.29, 1.82) is 0 Å². The number of hydrogen-bond donors (Lipinski definition) is 1. The van der Waals surface area contributed by atoms with Crippen LogP contribution in [0.3, 0.4) is 0 Å². The van der Waals surface area contributed by atoms with Gasteiger partial charge >= 0.3 is 0 Å². The number of nitrogens with one attached hydrogen (secondary N) is 1. The fourth-order valence-electron chi connectivity index (χ4n) is 1.39. The van der Waals surface area contributed by atoms with Gasteiger partial charge in [-0.05, 0) is 19.4 Å². The molecule has 0 radical (unpaired) electrons. The van der Waals surface area contributed by atoms with Crippen LogP contribution in [0.4, 0.5) is 0 Å². The lowest BCUT2D eigenvalue weighted by atomic mass is 10.2. The molecular formula is C10H19BrN4. The van der Waals surface area contributed by atoms with Crippen LogP contribution in [-0.4, -0.2) is 26.9 Å². The van der Waals surface area contributed by atoms with E-state index in [0.29, 0.717) is 0 Å². The van der Waals surface area contributed by atoms with Gasteiger partial charge in [-0.25, -0.2) is 0 Å². The maximum Gasteiger partial charge on any atom is 0.0964 e. The molecule has 0 amide bonds. The number of unbranched alkanes of at least 4 members (excludes halogenated alkanes) is 3. The molecule has 0 saturated heterocycles. The summed E-state index contributed by atoms with van der Waals surface area (Å²) in [6.07, 6.45) is 7.09. The highest BCUT2D eigenvalue weighted by molar-refractivity contribution is 9.09. The van der Waals surface area contributed by atoms with Gasteiger partial charge in [-0.2, -0.15) is 0 Å². The Hall–Kier alpha value is -0.420. The van der Waals surface area contributed by atoms with Crippen molar-refractivity contribution < 1.29 is 0 Å². The monoisotopic (exact) mass is 274 g/mol. The molecular weight excluding hydrogens is 256 g/mol. The summed E-state index contributed by atoms with van der Waals surface area (Å²) in [5.41, 5.74) is 1.01. The second kappa shape index (κ2) is 7.82. The number of rotatable bonds is 8. The minimum absolute atomic E-state index is 0.826. The summed E-state index contributed by atoms with van der Waals surface area (Å²) in [7, 11) is 1.89. The first-order valence-electron chi connectivity index (χ1n) is 5.45. The van der Waals surface area contributed by atoms with Gasteiger partial charge in [0.2, 0.25) is 0 Å². The molecule has 0 bridgehead atoms. The fraction of sp³-hybridized carbons (Fsp3) is 0.800. The van der Waals surface area contributed by atoms with Crippen LogP contribution in [0, 0.1) is 0 Å². The van der Waals surface area contributed by atoms with Crippen LogP contribution >= 0.6 is 15.9 Å². The van der Waals surface area contributed by atoms with Crippen molar-refractivity contribution in [1.82, 2.24) is 20.3 Å². The molecule has 1 aromatic heterocycles. The lowest BCUT2D eigenvalue weighted by Gasteiger charge is -2.01. The highest BCUT2D eigenvalue weighted by Gasteiger charge is 1.96. The van der Waals surface area contributed by atoms with Gasteiger partial charge in [-0.3, -0.25) is 4.68 Å². The largest absolute Gasteiger partial charge is 0.311 e. The predicted molar refractivity (Wildman–Crippen MR) is 65.0 cm³/mol. The molecule has 0 spiro atoms. The van der Waals surface area contributed by atoms with E-state index in [9.17, 15) is 0 Å². The molecule has 4 nitrogen and oxygen atoms in total. The van der Waals surface area contributed by atoms with Crippen molar-refractivity contribution in [2.75, 3.05) is 11.9 Å². The zero-order valence-corrected chi connectivity index (χ0v) is 10.8. The van der Waals surface area contributed by atoms with Crippen molar-refractivity contribution in [2.24, 2.45) is 7.05 Å². The van der Waals surface area contributed by atoms with E-state index < -0.39 is 0 Å². The molecule has 15 heavy (non-hydrogen) atoms. The summed E-state index contributed by atoms with van der Waals surface area (Å²) in [4.78, 5) is 0. The standard InChI is InChI=1S/C10H19BrN4/c1-15-9-10(13-14-15)8-12-7-5-3-2-4-6-11/h9,12H,2-8H2,1H3. The molecule has 86 valence electrons. The van der Waals surface area contributed by atoms with E-state index in [-0.39, 0.29) is 0 Å². The Morgan fingerprint density at radius 2 is 2.13 bits per heavy atom. The van der Waals surface area contributed by atoms with Gasteiger partial charge in [0.25, 0.3) is 0 Å². The molecule has 1 heterocycles. The first-order chi connectivity index (χ1) is 7.33. The average Bonchev–Trinajstić information content (AvgIpc) is 2.63. The Labute approximate surface area is 99.6 Å². The number of hydrogen-bond acceptors (Lipinski definition) is 3. The third-order valence-electron chi connectivity index (χ3n) is 2.19. The number of alkyl halides is 1. The van der Waals surface area contributed by atoms with Crippen LogP contribution in [0.15, 0.2) is 6.20 Å². The Morgan fingerprint density at radius 1 is 1.33 bits per heavy atom. The van der Waals surface area contributed by atoms with Gasteiger partial charge in [0.05, 0.1) is 5.69 Å². The minimum Gasteiger partial charge on any atom is -0.311 e. The number of aryl methyl sites for hydroxylation is 1. The molecule has 0 atom stereocenters. The number of halogens is 1. The quantitative estimate of drug-likeness (QED) is 0.581. The molecule has 0 aliphatic heterocycles. The molecule has 1 aromatic rings. The van der Waals surface area contributed by atoms with Gasteiger partial charge in [-0.1, -0.05) is 34.0 Å². The summed E-state index contributed by atoms with van der Waals surface area (Å²) >= 11 is 3.43. The van der Waals surface area contributed by atoms with Crippen LogP contribution in [0.5, 0.6) is 0 Å². The molecule has 0 aliphatic carbocycles. The van der Waals surface area contributed by atoms with Gasteiger partial charge in [0.1, 0.15) is 0 Å². The van der Waals surface area contributed by atoms with E-state index >= 15 is 0 Å². The van der Waals surface area contributed by atoms with Gasteiger partial charge < -0.3 is 5.32 Å². The molecule has 0 aliphatic rings. The van der Waals surface area contributed by atoms with Gasteiger partial charge in [0.15, 0.2) is 0 Å². The van der Waals surface area contributed by atoms with Crippen LogP contribution in [-0.2, 0) is 13.6 Å². The topological polar surface area (TPSA) is 42.7 Å². The predicted octanol–water partition coefficient (Wildman–Crippen LogP) is 1.86. The van der Waals surface area contributed by atoms with E-state index in [1.54, 1.807) is 4.68 Å². The number of nitrogens with zero attached hydrogens (tertiary/aromatic N) is 3. The Kier molecular flexibility index (Phi) is 6.59. The van der Waals surface area contributed by atoms with Crippen LogP contribution in [0.2, 0.25) is 0 Å². The Morgan fingerprint density at radius 3 is 2.80 bits per heavy atom. The second-order valence-corrected chi connectivity index (χ2v) is 4.46. The normalized spacial score (nSPS) is 10.8.